The van der Waals surface area contributed by atoms with E-state index in [0.29, 0.717) is 21.6 Å². The van der Waals surface area contributed by atoms with E-state index in [0.717, 1.165) is 12.0 Å². The Balaban J connectivity index is 1.63. The molecule has 122 valence electrons. The lowest BCUT2D eigenvalue weighted by atomic mass is 10.1. The number of halogens is 1. The molecule has 6 heteroatoms. The molecule has 1 aromatic heterocycles. The normalized spacial score (nSPS) is 10.8. The third kappa shape index (κ3) is 4.04. The van der Waals surface area contributed by atoms with Gasteiger partial charge in [0.1, 0.15) is 0 Å². The molecule has 0 saturated carbocycles. The maximum atomic E-state index is 12.1. The van der Waals surface area contributed by atoms with Crippen LogP contribution >= 0.6 is 23.4 Å². The molecule has 1 N–H and O–H groups in total. The second kappa shape index (κ2) is 7.64. The number of thioether (sulfide) groups is 1. The molecule has 24 heavy (non-hydrogen) atoms. The number of carbonyl (C=O) groups excluding carboxylic acids is 1. The fourth-order valence-corrected chi connectivity index (χ4v) is 3.01. The minimum atomic E-state index is 0.0234. The number of benzene rings is 2. The Labute approximate surface area is 149 Å². The second-order valence-electron chi connectivity index (χ2n) is 5.24. The lowest BCUT2D eigenvalue weighted by Crippen LogP contribution is -2.02. The minimum absolute atomic E-state index is 0.0234. The first kappa shape index (κ1) is 16.7. The average molecular weight is 358 g/mol. The topological polar surface area (TPSA) is 58.6 Å². The molecule has 3 rings (SSSR count). The maximum Gasteiger partial charge on any atom is 0.209 e. The summed E-state index contributed by atoms with van der Waals surface area (Å²) in [6.45, 7) is 2.12. The number of ketones is 1. The molecule has 0 aliphatic rings. The zero-order valence-electron chi connectivity index (χ0n) is 13.1. The number of aryl methyl sites for hydroxylation is 1. The van der Waals surface area contributed by atoms with Gasteiger partial charge in [-0.1, -0.05) is 54.6 Å². The number of nitrogens with zero attached hydrogens (tertiary/aromatic N) is 2. The molecular formula is C18H16ClN3OS. The lowest BCUT2D eigenvalue weighted by Gasteiger charge is -1.99. The van der Waals surface area contributed by atoms with Crippen molar-refractivity contribution in [3.05, 3.63) is 64.7 Å². The number of H-pyrrole nitrogens is 1. The van der Waals surface area contributed by atoms with E-state index in [-0.39, 0.29) is 11.5 Å². The van der Waals surface area contributed by atoms with Crippen molar-refractivity contribution in [1.29, 1.82) is 0 Å². The highest BCUT2D eigenvalue weighted by atomic mass is 35.5. The molecule has 4 nitrogen and oxygen atoms in total. The van der Waals surface area contributed by atoms with E-state index >= 15 is 0 Å². The van der Waals surface area contributed by atoms with Gasteiger partial charge < -0.3 is 0 Å². The van der Waals surface area contributed by atoms with Crippen LogP contribution in [0.2, 0.25) is 5.02 Å². The molecule has 0 fully saturated rings. The number of hydrogen-bond acceptors (Lipinski definition) is 4. The second-order valence-corrected chi connectivity index (χ2v) is 6.61. The maximum absolute atomic E-state index is 12.1. The first-order valence-electron chi connectivity index (χ1n) is 7.59. The molecule has 0 aliphatic carbocycles. The largest absolute Gasteiger partial charge is 0.293 e. The number of carbonyl (C=O) groups is 1. The predicted octanol–water partition coefficient (Wildman–Crippen LogP) is 4.66. The van der Waals surface area contributed by atoms with Crippen LogP contribution in [-0.4, -0.2) is 26.7 Å². The summed E-state index contributed by atoms with van der Waals surface area (Å²) in [7, 11) is 0. The van der Waals surface area contributed by atoms with Crippen molar-refractivity contribution in [3.8, 4) is 11.4 Å². The van der Waals surface area contributed by atoms with Gasteiger partial charge >= 0.3 is 0 Å². The van der Waals surface area contributed by atoms with Crippen molar-refractivity contribution in [3.63, 3.8) is 0 Å². The van der Waals surface area contributed by atoms with Gasteiger partial charge in [0, 0.05) is 16.1 Å². The summed E-state index contributed by atoms with van der Waals surface area (Å²) >= 11 is 7.14. The first-order valence-corrected chi connectivity index (χ1v) is 8.95. The molecule has 0 unspecified atom stereocenters. The van der Waals surface area contributed by atoms with Crippen molar-refractivity contribution in [2.45, 2.75) is 18.5 Å². The third-order valence-corrected chi connectivity index (χ3v) is 4.70. The van der Waals surface area contributed by atoms with Crippen LogP contribution in [0, 0.1) is 0 Å². The zero-order valence-corrected chi connectivity index (χ0v) is 14.7. The summed E-state index contributed by atoms with van der Waals surface area (Å²) in [5.41, 5.74) is 2.90. The molecule has 0 aliphatic heterocycles. The Morgan fingerprint density at radius 1 is 1.12 bits per heavy atom. The average Bonchev–Trinajstić information content (AvgIpc) is 3.09. The zero-order chi connectivity index (χ0) is 16.9. The van der Waals surface area contributed by atoms with Gasteiger partial charge in [-0.25, -0.2) is 4.98 Å². The monoisotopic (exact) mass is 357 g/mol. The molecule has 2 aromatic carbocycles. The lowest BCUT2D eigenvalue weighted by molar-refractivity contribution is 0.102. The Kier molecular flexibility index (Phi) is 5.33. The first-order chi connectivity index (χ1) is 11.7. The van der Waals surface area contributed by atoms with Crippen LogP contribution in [0.4, 0.5) is 0 Å². The van der Waals surface area contributed by atoms with Crippen molar-refractivity contribution in [2.24, 2.45) is 0 Å². The van der Waals surface area contributed by atoms with Crippen molar-refractivity contribution in [2.75, 3.05) is 5.75 Å². The van der Waals surface area contributed by atoms with Crippen LogP contribution in [0.3, 0.4) is 0 Å². The van der Waals surface area contributed by atoms with Crippen LogP contribution in [-0.2, 0) is 6.42 Å². The van der Waals surface area contributed by atoms with E-state index in [4.69, 9.17) is 11.6 Å². The summed E-state index contributed by atoms with van der Waals surface area (Å²) in [6.07, 6.45) is 1.00. The Morgan fingerprint density at radius 2 is 1.83 bits per heavy atom. The highest BCUT2D eigenvalue weighted by Crippen LogP contribution is 2.21. The number of rotatable bonds is 6. The number of aromatic nitrogens is 3. The van der Waals surface area contributed by atoms with Gasteiger partial charge in [0.05, 0.1) is 5.75 Å². The van der Waals surface area contributed by atoms with Crippen LogP contribution in [0.15, 0.2) is 53.7 Å². The fourth-order valence-electron chi connectivity index (χ4n) is 2.19. The van der Waals surface area contributed by atoms with Gasteiger partial charge in [-0.15, -0.1) is 5.10 Å². The molecule has 0 spiro atoms. The van der Waals surface area contributed by atoms with Crippen LogP contribution in [0.25, 0.3) is 11.4 Å². The van der Waals surface area contributed by atoms with E-state index in [9.17, 15) is 4.79 Å². The van der Waals surface area contributed by atoms with E-state index < -0.39 is 0 Å². The molecule has 0 saturated heterocycles. The van der Waals surface area contributed by atoms with Crippen LogP contribution in [0.1, 0.15) is 22.8 Å². The summed E-state index contributed by atoms with van der Waals surface area (Å²) in [5, 5.41) is 8.27. The summed E-state index contributed by atoms with van der Waals surface area (Å²) < 4.78 is 0. The number of Topliss-reactive ketones (excluding diaryl/α,β-unsaturated/α-hetero) is 1. The van der Waals surface area contributed by atoms with E-state index in [1.54, 1.807) is 24.3 Å². The molecule has 0 amide bonds. The van der Waals surface area contributed by atoms with E-state index in [1.807, 2.05) is 12.1 Å². The van der Waals surface area contributed by atoms with Crippen molar-refractivity contribution < 1.29 is 4.79 Å². The van der Waals surface area contributed by atoms with E-state index in [1.165, 1.54) is 17.3 Å². The molecule has 0 bridgehead atoms. The van der Waals surface area contributed by atoms with E-state index in [2.05, 4.69) is 34.2 Å². The van der Waals surface area contributed by atoms with Gasteiger partial charge in [0.25, 0.3) is 0 Å². The Hall–Kier alpha value is -2.11. The highest BCUT2D eigenvalue weighted by molar-refractivity contribution is 7.99. The molecule has 0 atom stereocenters. The fraction of sp³-hybridized carbons (Fsp3) is 0.167. The van der Waals surface area contributed by atoms with Gasteiger partial charge in [0.15, 0.2) is 11.6 Å². The smallest absolute Gasteiger partial charge is 0.209 e. The summed E-state index contributed by atoms with van der Waals surface area (Å²) in [4.78, 5) is 16.6. The molecule has 3 aromatic rings. The number of hydrogen-bond donors (Lipinski definition) is 1. The highest BCUT2D eigenvalue weighted by Gasteiger charge is 2.10. The van der Waals surface area contributed by atoms with Gasteiger partial charge in [-0.2, -0.15) is 0 Å². The Morgan fingerprint density at radius 3 is 2.50 bits per heavy atom. The van der Waals surface area contributed by atoms with Crippen LogP contribution in [0.5, 0.6) is 0 Å². The van der Waals surface area contributed by atoms with Crippen molar-refractivity contribution in [1.82, 2.24) is 15.2 Å². The number of nitrogens with one attached hydrogen (secondary N) is 1. The quantitative estimate of drug-likeness (QED) is 0.514. The molecule has 1 heterocycles. The van der Waals surface area contributed by atoms with Crippen LogP contribution < -0.4 is 0 Å². The van der Waals surface area contributed by atoms with Gasteiger partial charge in [-0.3, -0.25) is 9.89 Å². The number of aromatic amines is 1. The third-order valence-electron chi connectivity index (χ3n) is 3.60. The van der Waals surface area contributed by atoms with Gasteiger partial charge in [0.2, 0.25) is 5.16 Å². The predicted molar refractivity (Wildman–Crippen MR) is 97.7 cm³/mol. The summed E-state index contributed by atoms with van der Waals surface area (Å²) in [6, 6.07) is 15.1. The SMILES string of the molecule is CCc1ccc(-c2nc(SCC(=O)c3ccc(Cl)cc3)n[nH]2)cc1. The minimum Gasteiger partial charge on any atom is -0.293 e. The van der Waals surface area contributed by atoms with Gasteiger partial charge in [-0.05, 0) is 36.2 Å². The molecule has 0 radical (unpaired) electrons. The van der Waals surface area contributed by atoms with Crippen molar-refractivity contribution >= 4 is 29.1 Å². The summed E-state index contributed by atoms with van der Waals surface area (Å²) in [5.74, 6) is 1.02. The Bertz CT molecular complexity index is 828. The standard InChI is InChI=1S/C18H16ClN3OS/c1-2-12-3-5-14(6-4-12)17-20-18(22-21-17)24-11-16(23)13-7-9-15(19)10-8-13/h3-10H,2,11H2,1H3,(H,20,21,22). The molecular weight excluding hydrogens is 342 g/mol.